The molecule has 8 nitrogen and oxygen atoms in total. The Morgan fingerprint density at radius 3 is 3.18 bits per heavy atom. The predicted octanol–water partition coefficient (Wildman–Crippen LogP) is 0.535. The van der Waals surface area contributed by atoms with E-state index in [1.54, 1.807) is 18.2 Å². The van der Waals surface area contributed by atoms with E-state index in [2.05, 4.69) is 30.9 Å². The number of benzene rings is 1. The Kier molecular flexibility index (Phi) is 2.11. The van der Waals surface area contributed by atoms with Crippen LogP contribution in [0.1, 0.15) is 5.82 Å². The molecule has 0 aliphatic carbocycles. The summed E-state index contributed by atoms with van der Waals surface area (Å²) in [7, 11) is 0. The van der Waals surface area contributed by atoms with Gasteiger partial charge in [0.25, 0.3) is 6.01 Å². The number of hydrogen-bond donors (Lipinski definition) is 3. The van der Waals surface area contributed by atoms with E-state index in [0.29, 0.717) is 35.2 Å². The maximum atomic E-state index is 5.65. The summed E-state index contributed by atoms with van der Waals surface area (Å²) in [6, 6.07) is 5.68. The zero-order valence-electron chi connectivity index (χ0n) is 8.71. The van der Waals surface area contributed by atoms with Crippen molar-refractivity contribution in [2.24, 2.45) is 0 Å². The van der Waals surface area contributed by atoms with Crippen LogP contribution < -0.4 is 11.1 Å². The lowest BCUT2D eigenvalue weighted by Crippen LogP contribution is -2.01. The Morgan fingerprint density at radius 2 is 2.35 bits per heavy atom. The van der Waals surface area contributed by atoms with Crippen molar-refractivity contribution in [2.75, 3.05) is 11.1 Å². The first-order valence-electron chi connectivity index (χ1n) is 4.93. The number of hydrogen-bond acceptors (Lipinski definition) is 7. The van der Waals surface area contributed by atoms with Gasteiger partial charge in [-0.3, -0.25) is 0 Å². The van der Waals surface area contributed by atoms with Gasteiger partial charge in [0.2, 0.25) is 0 Å². The molecule has 0 amide bonds. The first kappa shape index (κ1) is 9.58. The second kappa shape index (κ2) is 3.74. The van der Waals surface area contributed by atoms with E-state index in [0.717, 1.165) is 0 Å². The van der Waals surface area contributed by atoms with Gasteiger partial charge in [-0.2, -0.15) is 10.2 Å². The van der Waals surface area contributed by atoms with Crippen LogP contribution in [0.4, 0.5) is 11.7 Å². The molecule has 0 radical (unpaired) electrons. The van der Waals surface area contributed by atoms with Crippen LogP contribution in [0.5, 0.6) is 0 Å². The molecule has 0 spiro atoms. The second-order valence-corrected chi connectivity index (χ2v) is 3.43. The van der Waals surface area contributed by atoms with E-state index in [1.165, 1.54) is 0 Å². The topological polar surface area (TPSA) is 119 Å². The number of aromatic nitrogens is 5. The number of oxazole rings is 1. The molecule has 3 aromatic rings. The van der Waals surface area contributed by atoms with Gasteiger partial charge in [-0.05, 0) is 18.2 Å². The molecule has 0 saturated heterocycles. The highest BCUT2D eigenvalue weighted by atomic mass is 16.4. The van der Waals surface area contributed by atoms with Gasteiger partial charge in [-0.15, -0.1) is 10.2 Å². The Balaban J connectivity index is 1.81. The summed E-state index contributed by atoms with van der Waals surface area (Å²) in [4.78, 5) is 4.23. The van der Waals surface area contributed by atoms with Crippen LogP contribution in [0.15, 0.2) is 22.6 Å². The molecule has 0 unspecified atom stereocenters. The Labute approximate surface area is 95.2 Å². The molecular weight excluding hydrogens is 222 g/mol. The van der Waals surface area contributed by atoms with Crippen molar-refractivity contribution in [3.63, 3.8) is 0 Å². The highest BCUT2D eigenvalue weighted by Gasteiger charge is 2.06. The minimum absolute atomic E-state index is 0.388. The molecule has 0 saturated carbocycles. The quantitative estimate of drug-likeness (QED) is 0.562. The van der Waals surface area contributed by atoms with Crippen molar-refractivity contribution >= 4 is 22.8 Å². The van der Waals surface area contributed by atoms with Crippen LogP contribution in [0.2, 0.25) is 0 Å². The number of nitrogens with zero attached hydrogens (tertiary/aromatic N) is 4. The fraction of sp³-hybridized carbons (Fsp3) is 0.111. The number of nitrogens with one attached hydrogen (secondary N) is 2. The van der Waals surface area contributed by atoms with Gasteiger partial charge in [0, 0.05) is 5.69 Å². The fourth-order valence-electron chi connectivity index (χ4n) is 1.43. The molecule has 1 aromatic carbocycles. The number of aromatic amines is 1. The van der Waals surface area contributed by atoms with Gasteiger partial charge in [-0.1, -0.05) is 5.21 Å². The highest BCUT2D eigenvalue weighted by molar-refractivity contribution is 5.78. The first-order valence-corrected chi connectivity index (χ1v) is 4.93. The van der Waals surface area contributed by atoms with Crippen LogP contribution in [0.3, 0.4) is 0 Å². The van der Waals surface area contributed by atoms with Crippen molar-refractivity contribution in [3.8, 4) is 0 Å². The van der Waals surface area contributed by atoms with Crippen molar-refractivity contribution < 1.29 is 4.42 Å². The highest BCUT2D eigenvalue weighted by Crippen LogP contribution is 2.20. The Morgan fingerprint density at radius 1 is 1.41 bits per heavy atom. The number of anilines is 2. The number of nitrogens with two attached hydrogens (primary N) is 1. The van der Waals surface area contributed by atoms with Crippen LogP contribution >= 0.6 is 0 Å². The van der Waals surface area contributed by atoms with Gasteiger partial charge in [0.15, 0.2) is 11.4 Å². The molecule has 0 aliphatic rings. The van der Waals surface area contributed by atoms with Crippen LogP contribution in [0.25, 0.3) is 11.1 Å². The number of H-pyrrole nitrogens is 1. The zero-order chi connectivity index (χ0) is 11.7. The molecule has 2 heterocycles. The Hall–Kier alpha value is -2.64. The normalized spacial score (nSPS) is 10.8. The van der Waals surface area contributed by atoms with Crippen molar-refractivity contribution in [3.05, 3.63) is 24.0 Å². The molecule has 4 N–H and O–H groups in total. The van der Waals surface area contributed by atoms with Gasteiger partial charge in [0.1, 0.15) is 5.52 Å². The van der Waals surface area contributed by atoms with Gasteiger partial charge >= 0.3 is 0 Å². The van der Waals surface area contributed by atoms with Crippen LogP contribution in [-0.2, 0) is 6.54 Å². The number of tetrazole rings is 1. The number of nitrogen functional groups attached to an aromatic ring is 1. The van der Waals surface area contributed by atoms with Crippen molar-refractivity contribution in [1.29, 1.82) is 0 Å². The maximum absolute atomic E-state index is 5.65. The molecule has 0 bridgehead atoms. The molecular formula is C9H9N7O. The van der Waals surface area contributed by atoms with E-state index >= 15 is 0 Å². The van der Waals surface area contributed by atoms with E-state index < -0.39 is 0 Å². The average Bonchev–Trinajstić information content (AvgIpc) is 2.94. The van der Waals surface area contributed by atoms with Crippen LogP contribution in [0, 0.1) is 0 Å². The molecule has 0 fully saturated rings. The summed E-state index contributed by atoms with van der Waals surface area (Å²) in [6.07, 6.45) is 0. The SMILES string of the molecule is Nc1ccc2oc(NCc3nn[nH]n3)nc2c1. The lowest BCUT2D eigenvalue weighted by Gasteiger charge is -1.94. The summed E-state index contributed by atoms with van der Waals surface area (Å²) in [5.74, 6) is 0.534. The molecule has 0 aliphatic heterocycles. The van der Waals surface area contributed by atoms with Crippen molar-refractivity contribution in [2.45, 2.75) is 6.54 Å². The molecule has 17 heavy (non-hydrogen) atoms. The molecule has 8 heteroatoms. The molecule has 2 aromatic heterocycles. The maximum Gasteiger partial charge on any atom is 0.296 e. The van der Waals surface area contributed by atoms with E-state index in [-0.39, 0.29) is 0 Å². The predicted molar refractivity (Wildman–Crippen MR) is 59.9 cm³/mol. The molecule has 86 valence electrons. The second-order valence-electron chi connectivity index (χ2n) is 3.43. The summed E-state index contributed by atoms with van der Waals surface area (Å²) in [6.45, 7) is 0.388. The largest absolute Gasteiger partial charge is 0.424 e. The van der Waals surface area contributed by atoms with Crippen molar-refractivity contribution in [1.82, 2.24) is 25.6 Å². The monoisotopic (exact) mass is 231 g/mol. The van der Waals surface area contributed by atoms with Gasteiger partial charge in [-0.25, -0.2) is 0 Å². The van der Waals surface area contributed by atoms with E-state index in [1.807, 2.05) is 0 Å². The zero-order valence-corrected chi connectivity index (χ0v) is 8.71. The van der Waals surface area contributed by atoms with Gasteiger partial charge < -0.3 is 15.5 Å². The molecule has 3 rings (SSSR count). The standard InChI is InChI=1S/C9H9N7O/c10-5-1-2-7-6(3-5)12-9(17-7)11-4-8-13-15-16-14-8/h1-3H,4,10H2,(H,11,12)(H,13,14,15,16). The summed E-state index contributed by atoms with van der Waals surface area (Å²) >= 11 is 0. The summed E-state index contributed by atoms with van der Waals surface area (Å²) < 4.78 is 5.46. The lowest BCUT2D eigenvalue weighted by molar-refractivity contribution is 0.613. The summed E-state index contributed by atoms with van der Waals surface area (Å²) in [5, 5.41) is 16.4. The van der Waals surface area contributed by atoms with E-state index in [4.69, 9.17) is 10.2 Å². The number of fused-ring (bicyclic) bond motifs is 1. The third-order valence-electron chi connectivity index (χ3n) is 2.20. The average molecular weight is 231 g/mol. The molecule has 0 atom stereocenters. The smallest absolute Gasteiger partial charge is 0.296 e. The van der Waals surface area contributed by atoms with Gasteiger partial charge in [0.05, 0.1) is 6.54 Å². The Bertz CT molecular complexity index is 630. The minimum Gasteiger partial charge on any atom is -0.424 e. The summed E-state index contributed by atoms with van der Waals surface area (Å²) in [5.41, 5.74) is 7.68. The lowest BCUT2D eigenvalue weighted by atomic mass is 10.3. The first-order chi connectivity index (χ1) is 8.31. The number of rotatable bonds is 3. The van der Waals surface area contributed by atoms with Crippen LogP contribution in [-0.4, -0.2) is 25.6 Å². The van der Waals surface area contributed by atoms with E-state index in [9.17, 15) is 0 Å². The third-order valence-corrected chi connectivity index (χ3v) is 2.20. The third kappa shape index (κ3) is 1.87. The minimum atomic E-state index is 0.388. The fourth-order valence-corrected chi connectivity index (χ4v) is 1.43.